The number of nitrogens with one attached hydrogen (secondary N) is 1. The smallest absolute Gasteiger partial charge is 0.257 e. The molecule has 0 saturated carbocycles. The molecule has 30 heavy (non-hydrogen) atoms. The van der Waals surface area contributed by atoms with Crippen LogP contribution in [0.5, 0.6) is 11.5 Å². The van der Waals surface area contributed by atoms with Gasteiger partial charge in [-0.3, -0.25) is 9.69 Å². The summed E-state index contributed by atoms with van der Waals surface area (Å²) < 4.78 is 11.6. The highest BCUT2D eigenvalue weighted by molar-refractivity contribution is 5.97. The molecule has 1 unspecified atom stereocenters. The van der Waals surface area contributed by atoms with Crippen LogP contribution in [-0.4, -0.2) is 74.2 Å². The standard InChI is InChI=1S/C23H29N3O3.ClH/c27-23(26-13-10-19(18-26)25-14-11-24-12-15-25)21-8-4-5-9-22(21)29-17-16-28-20-6-2-1-3-7-20;/h1-9,19,24H,10-18H2;1H. The van der Waals surface area contributed by atoms with Gasteiger partial charge in [-0.25, -0.2) is 0 Å². The van der Waals surface area contributed by atoms with Crippen molar-refractivity contribution in [3.05, 3.63) is 60.2 Å². The first kappa shape index (κ1) is 22.4. The molecule has 162 valence electrons. The predicted octanol–water partition coefficient (Wildman–Crippen LogP) is 2.69. The van der Waals surface area contributed by atoms with Crippen LogP contribution >= 0.6 is 12.4 Å². The summed E-state index contributed by atoms with van der Waals surface area (Å²) in [6.07, 6.45) is 1.04. The Hall–Kier alpha value is -2.28. The average molecular weight is 432 g/mol. The minimum atomic E-state index is 0. The Bertz CT molecular complexity index is 799. The zero-order valence-corrected chi connectivity index (χ0v) is 18.0. The second kappa shape index (κ2) is 11.2. The number of ether oxygens (including phenoxy) is 2. The molecule has 0 aromatic heterocycles. The van der Waals surface area contributed by atoms with Gasteiger partial charge in [0.15, 0.2) is 0 Å². The fourth-order valence-electron chi connectivity index (χ4n) is 4.04. The quantitative estimate of drug-likeness (QED) is 0.683. The van der Waals surface area contributed by atoms with E-state index in [0.29, 0.717) is 30.6 Å². The molecule has 2 saturated heterocycles. The first-order valence-electron chi connectivity index (χ1n) is 10.4. The second-order valence-corrected chi connectivity index (χ2v) is 7.49. The van der Waals surface area contributed by atoms with E-state index in [1.807, 2.05) is 59.5 Å². The Morgan fingerprint density at radius 1 is 0.933 bits per heavy atom. The Kier molecular flexibility index (Phi) is 8.37. The number of nitrogens with zero attached hydrogens (tertiary/aromatic N) is 2. The maximum absolute atomic E-state index is 13.1. The van der Waals surface area contributed by atoms with Crippen LogP contribution in [0.3, 0.4) is 0 Å². The largest absolute Gasteiger partial charge is 0.490 e. The number of carbonyl (C=O) groups excluding carboxylic acids is 1. The third kappa shape index (κ3) is 5.65. The van der Waals surface area contributed by atoms with Crippen molar-refractivity contribution in [1.82, 2.24) is 15.1 Å². The Morgan fingerprint density at radius 3 is 2.43 bits per heavy atom. The highest BCUT2D eigenvalue weighted by Crippen LogP contribution is 2.24. The van der Waals surface area contributed by atoms with Crippen molar-refractivity contribution in [2.75, 3.05) is 52.5 Å². The number of amides is 1. The number of para-hydroxylation sites is 2. The molecule has 2 fully saturated rings. The second-order valence-electron chi connectivity index (χ2n) is 7.49. The molecule has 0 spiro atoms. The van der Waals surface area contributed by atoms with Gasteiger partial charge in [-0.2, -0.15) is 0 Å². The molecule has 4 rings (SSSR count). The van der Waals surface area contributed by atoms with Crippen LogP contribution in [0.1, 0.15) is 16.8 Å². The van der Waals surface area contributed by atoms with Gasteiger partial charge in [-0.05, 0) is 30.7 Å². The monoisotopic (exact) mass is 431 g/mol. The number of rotatable bonds is 7. The van der Waals surface area contributed by atoms with Crippen molar-refractivity contribution < 1.29 is 14.3 Å². The van der Waals surface area contributed by atoms with Gasteiger partial charge in [0.05, 0.1) is 5.56 Å². The van der Waals surface area contributed by atoms with E-state index in [1.54, 1.807) is 0 Å². The average Bonchev–Trinajstić information content (AvgIpc) is 3.28. The molecule has 0 bridgehead atoms. The Labute approximate surface area is 184 Å². The zero-order valence-electron chi connectivity index (χ0n) is 17.2. The molecule has 1 N–H and O–H groups in total. The maximum Gasteiger partial charge on any atom is 0.257 e. The summed E-state index contributed by atoms with van der Waals surface area (Å²) in [6, 6.07) is 17.6. The van der Waals surface area contributed by atoms with Gasteiger partial charge >= 0.3 is 0 Å². The van der Waals surface area contributed by atoms with Gasteiger partial charge < -0.3 is 19.7 Å². The number of benzene rings is 2. The summed E-state index contributed by atoms with van der Waals surface area (Å²) in [5.41, 5.74) is 0.633. The van der Waals surface area contributed by atoms with Crippen molar-refractivity contribution in [3.8, 4) is 11.5 Å². The SMILES string of the molecule is Cl.O=C(c1ccccc1OCCOc1ccccc1)N1CCC(N2CCNCC2)C1. The number of hydrogen-bond acceptors (Lipinski definition) is 5. The summed E-state index contributed by atoms with van der Waals surface area (Å²) in [5, 5.41) is 3.39. The molecular formula is C23H30ClN3O3. The molecule has 1 amide bonds. The van der Waals surface area contributed by atoms with E-state index >= 15 is 0 Å². The van der Waals surface area contributed by atoms with Gasteiger partial charge in [-0.1, -0.05) is 30.3 Å². The zero-order chi connectivity index (χ0) is 19.9. The summed E-state index contributed by atoms with van der Waals surface area (Å²) in [5.74, 6) is 1.50. The van der Waals surface area contributed by atoms with Crippen molar-refractivity contribution in [2.24, 2.45) is 0 Å². The van der Waals surface area contributed by atoms with E-state index in [9.17, 15) is 4.79 Å². The molecule has 2 heterocycles. The Balaban J connectivity index is 0.00000256. The summed E-state index contributed by atoms with van der Waals surface area (Å²) >= 11 is 0. The van der Waals surface area contributed by atoms with Crippen LogP contribution in [0.15, 0.2) is 54.6 Å². The molecule has 2 aliphatic heterocycles. The number of piperazine rings is 1. The van der Waals surface area contributed by atoms with Crippen LogP contribution in [0, 0.1) is 0 Å². The third-order valence-electron chi connectivity index (χ3n) is 5.59. The molecule has 2 aromatic rings. The molecule has 2 aliphatic rings. The van der Waals surface area contributed by atoms with Gasteiger partial charge in [0.2, 0.25) is 0 Å². The summed E-state index contributed by atoms with van der Waals surface area (Å²) in [4.78, 5) is 17.6. The van der Waals surface area contributed by atoms with Gasteiger partial charge in [0, 0.05) is 45.3 Å². The first-order valence-corrected chi connectivity index (χ1v) is 10.4. The molecule has 1 atom stereocenters. The van der Waals surface area contributed by atoms with Gasteiger partial charge in [0.25, 0.3) is 5.91 Å². The van der Waals surface area contributed by atoms with E-state index in [0.717, 1.165) is 51.4 Å². The lowest BCUT2D eigenvalue weighted by Crippen LogP contribution is -2.49. The minimum Gasteiger partial charge on any atom is -0.490 e. The number of hydrogen-bond donors (Lipinski definition) is 1. The molecule has 7 heteroatoms. The topological polar surface area (TPSA) is 54.0 Å². The van der Waals surface area contributed by atoms with Crippen LogP contribution < -0.4 is 14.8 Å². The van der Waals surface area contributed by atoms with Crippen LogP contribution in [0.2, 0.25) is 0 Å². The fraction of sp³-hybridized carbons (Fsp3) is 0.435. The van der Waals surface area contributed by atoms with E-state index in [2.05, 4.69) is 10.2 Å². The molecule has 0 radical (unpaired) electrons. The normalized spacial score (nSPS) is 19.2. The maximum atomic E-state index is 13.1. The van der Waals surface area contributed by atoms with Crippen molar-refractivity contribution >= 4 is 18.3 Å². The lowest BCUT2D eigenvalue weighted by Gasteiger charge is -2.32. The van der Waals surface area contributed by atoms with E-state index in [4.69, 9.17) is 9.47 Å². The fourth-order valence-corrected chi connectivity index (χ4v) is 4.04. The molecule has 6 nitrogen and oxygen atoms in total. The lowest BCUT2D eigenvalue weighted by molar-refractivity contribution is 0.0768. The van der Waals surface area contributed by atoms with Crippen molar-refractivity contribution in [1.29, 1.82) is 0 Å². The predicted molar refractivity (Wildman–Crippen MR) is 120 cm³/mol. The van der Waals surface area contributed by atoms with Crippen molar-refractivity contribution in [3.63, 3.8) is 0 Å². The highest BCUT2D eigenvalue weighted by Gasteiger charge is 2.32. The van der Waals surface area contributed by atoms with Gasteiger partial charge in [0.1, 0.15) is 24.7 Å². The van der Waals surface area contributed by atoms with E-state index in [-0.39, 0.29) is 18.3 Å². The van der Waals surface area contributed by atoms with Crippen molar-refractivity contribution in [2.45, 2.75) is 12.5 Å². The van der Waals surface area contributed by atoms with Gasteiger partial charge in [-0.15, -0.1) is 12.4 Å². The Morgan fingerprint density at radius 2 is 1.63 bits per heavy atom. The number of halogens is 1. The summed E-state index contributed by atoms with van der Waals surface area (Å²) in [6.45, 7) is 6.62. The lowest BCUT2D eigenvalue weighted by atomic mass is 10.1. The highest BCUT2D eigenvalue weighted by atomic mass is 35.5. The third-order valence-corrected chi connectivity index (χ3v) is 5.59. The number of likely N-dealkylation sites (tertiary alicyclic amines) is 1. The molecular weight excluding hydrogens is 402 g/mol. The molecule has 0 aliphatic carbocycles. The summed E-state index contributed by atoms with van der Waals surface area (Å²) in [7, 11) is 0. The number of carbonyl (C=O) groups is 1. The minimum absolute atomic E-state index is 0. The van der Waals surface area contributed by atoms with Crippen LogP contribution in [0.25, 0.3) is 0 Å². The van der Waals surface area contributed by atoms with E-state index < -0.39 is 0 Å². The van der Waals surface area contributed by atoms with Crippen LogP contribution in [-0.2, 0) is 0 Å². The molecule has 2 aromatic carbocycles. The van der Waals surface area contributed by atoms with Crippen LogP contribution in [0.4, 0.5) is 0 Å². The first-order chi connectivity index (χ1) is 14.3. The van der Waals surface area contributed by atoms with E-state index in [1.165, 1.54) is 0 Å².